The Hall–Kier alpha value is -1.13. The van der Waals surface area contributed by atoms with Crippen LogP contribution in [0.2, 0.25) is 0 Å². The van der Waals surface area contributed by atoms with E-state index in [4.69, 9.17) is 0 Å². The molecule has 0 atom stereocenters. The van der Waals surface area contributed by atoms with Gasteiger partial charge in [0, 0.05) is 0 Å². The number of nitrogens with zero attached hydrogens (tertiary/aromatic N) is 1. The Balaban J connectivity index is 2.09. The highest BCUT2D eigenvalue weighted by atomic mass is 16.6. The molecule has 0 bridgehead atoms. The fourth-order valence-corrected chi connectivity index (χ4v) is 0.401. The summed E-state index contributed by atoms with van der Waals surface area (Å²) in [5.74, 6) is 0. The first-order chi connectivity index (χ1) is 4.33. The van der Waals surface area contributed by atoms with E-state index >= 15 is 0 Å². The van der Waals surface area contributed by atoms with Crippen LogP contribution in [0.1, 0.15) is 12.8 Å². The monoisotopic (exact) mass is 130 g/mol. The van der Waals surface area contributed by atoms with Crippen molar-refractivity contribution in [1.82, 2.24) is 5.43 Å². The van der Waals surface area contributed by atoms with Crippen LogP contribution in [-0.4, -0.2) is 12.2 Å². The Labute approximate surface area is 51.3 Å². The lowest BCUT2D eigenvalue weighted by Gasteiger charge is -1.96. The number of carbonyl (C=O) groups is 1. The van der Waals surface area contributed by atoms with Gasteiger partial charge in [-0.3, -0.25) is 0 Å². The number of hydrogen-bond donors (Lipinski definition) is 1. The second-order valence-corrected chi connectivity index (χ2v) is 1.81. The topological polar surface area (TPSA) is 67.8 Å². The largest absolute Gasteiger partial charge is 0.445 e. The van der Waals surface area contributed by atoms with Crippen molar-refractivity contribution in [2.75, 3.05) is 0 Å². The van der Waals surface area contributed by atoms with Crippen LogP contribution in [0.25, 0.3) is 0 Å². The lowest BCUT2D eigenvalue weighted by molar-refractivity contribution is 0.139. The summed E-state index contributed by atoms with van der Waals surface area (Å²) >= 11 is 0. The number of carbonyl (C=O) groups excluding carboxylic acids is 1. The average Bonchev–Trinajstić information content (AvgIpc) is 2.50. The predicted molar refractivity (Wildman–Crippen MR) is 28.4 cm³/mol. The highest BCUT2D eigenvalue weighted by Gasteiger charge is 2.25. The molecular formula is C4H6N2O3. The molecule has 0 aliphatic heterocycles. The number of rotatable bonds is 2. The SMILES string of the molecule is O=NNC(=O)OC1CC1. The molecule has 50 valence electrons. The average molecular weight is 130 g/mol. The molecule has 0 aromatic heterocycles. The molecule has 9 heavy (non-hydrogen) atoms. The van der Waals surface area contributed by atoms with E-state index in [1.807, 2.05) is 0 Å². The van der Waals surface area contributed by atoms with Crippen LogP contribution in [-0.2, 0) is 4.74 Å². The second-order valence-electron chi connectivity index (χ2n) is 1.81. The summed E-state index contributed by atoms with van der Waals surface area (Å²) in [7, 11) is 0. The molecule has 0 heterocycles. The van der Waals surface area contributed by atoms with Crippen molar-refractivity contribution in [3.63, 3.8) is 0 Å². The smallest absolute Gasteiger partial charge is 0.430 e. The Kier molecular flexibility index (Phi) is 1.62. The van der Waals surface area contributed by atoms with Gasteiger partial charge in [-0.1, -0.05) is 0 Å². The van der Waals surface area contributed by atoms with Gasteiger partial charge in [0.15, 0.2) is 0 Å². The molecule has 0 saturated heterocycles. The highest BCUT2D eigenvalue weighted by molar-refractivity contribution is 5.66. The van der Waals surface area contributed by atoms with Gasteiger partial charge in [-0.15, -0.1) is 4.91 Å². The summed E-state index contributed by atoms with van der Waals surface area (Å²) in [6.45, 7) is 0. The molecule has 1 fully saturated rings. The van der Waals surface area contributed by atoms with Gasteiger partial charge in [0.05, 0.1) is 5.29 Å². The van der Waals surface area contributed by atoms with Crippen molar-refractivity contribution in [3.8, 4) is 0 Å². The van der Waals surface area contributed by atoms with E-state index < -0.39 is 6.09 Å². The van der Waals surface area contributed by atoms with Crippen LogP contribution in [0.4, 0.5) is 4.79 Å². The number of amides is 1. The van der Waals surface area contributed by atoms with Crippen LogP contribution in [0.15, 0.2) is 5.29 Å². The van der Waals surface area contributed by atoms with Crippen LogP contribution in [0, 0.1) is 4.91 Å². The van der Waals surface area contributed by atoms with Crippen molar-refractivity contribution in [1.29, 1.82) is 0 Å². The van der Waals surface area contributed by atoms with E-state index in [-0.39, 0.29) is 6.10 Å². The number of ether oxygens (including phenoxy) is 1. The maximum absolute atomic E-state index is 10.3. The third-order valence-electron chi connectivity index (χ3n) is 0.935. The highest BCUT2D eigenvalue weighted by Crippen LogP contribution is 2.23. The molecule has 5 nitrogen and oxygen atoms in total. The van der Waals surface area contributed by atoms with Gasteiger partial charge in [-0.05, 0) is 12.8 Å². The number of nitroso groups, excluding NO2 is 1. The van der Waals surface area contributed by atoms with Crippen molar-refractivity contribution < 1.29 is 9.53 Å². The Morgan fingerprint density at radius 3 is 2.78 bits per heavy atom. The molecule has 1 saturated carbocycles. The Morgan fingerprint density at radius 1 is 1.67 bits per heavy atom. The maximum Gasteiger partial charge on any atom is 0.430 e. The minimum absolute atomic E-state index is 0.0201. The third-order valence-corrected chi connectivity index (χ3v) is 0.935. The minimum atomic E-state index is -0.757. The first-order valence-corrected chi connectivity index (χ1v) is 2.62. The second kappa shape index (κ2) is 2.43. The predicted octanol–water partition coefficient (Wildman–Crippen LogP) is 0.556. The van der Waals surface area contributed by atoms with Gasteiger partial charge >= 0.3 is 6.09 Å². The number of nitrogens with one attached hydrogen (secondary N) is 1. The molecule has 1 rings (SSSR count). The van der Waals surface area contributed by atoms with Gasteiger partial charge in [-0.25, -0.2) is 4.79 Å². The fraction of sp³-hybridized carbons (Fsp3) is 0.750. The van der Waals surface area contributed by atoms with Crippen molar-refractivity contribution in [2.24, 2.45) is 5.29 Å². The quantitative estimate of drug-likeness (QED) is 0.438. The third kappa shape index (κ3) is 2.07. The van der Waals surface area contributed by atoms with E-state index in [0.29, 0.717) is 0 Å². The van der Waals surface area contributed by atoms with Crippen LogP contribution in [0.5, 0.6) is 0 Å². The van der Waals surface area contributed by atoms with Crippen LogP contribution >= 0.6 is 0 Å². The molecule has 0 radical (unpaired) electrons. The molecule has 0 aromatic carbocycles. The molecule has 0 unspecified atom stereocenters. The van der Waals surface area contributed by atoms with E-state index in [1.165, 1.54) is 0 Å². The van der Waals surface area contributed by atoms with Gasteiger partial charge in [0.1, 0.15) is 6.10 Å². The molecule has 1 amide bonds. The molecule has 1 N–H and O–H groups in total. The van der Waals surface area contributed by atoms with E-state index in [1.54, 1.807) is 5.43 Å². The van der Waals surface area contributed by atoms with E-state index in [0.717, 1.165) is 12.8 Å². The maximum atomic E-state index is 10.3. The Morgan fingerprint density at radius 2 is 2.33 bits per heavy atom. The summed E-state index contributed by atoms with van der Waals surface area (Å²) < 4.78 is 4.56. The van der Waals surface area contributed by atoms with Crippen molar-refractivity contribution >= 4 is 6.09 Å². The molecule has 1 aliphatic carbocycles. The summed E-state index contributed by atoms with van der Waals surface area (Å²) in [5.41, 5.74) is 1.63. The zero-order valence-corrected chi connectivity index (χ0v) is 4.66. The standard InChI is InChI=1S/C4H6N2O3/c7-4(5-6-8)9-3-1-2-3/h3H,1-2H2,(H,5,7,8). The summed E-state index contributed by atoms with van der Waals surface area (Å²) in [6.07, 6.45) is 1.05. The van der Waals surface area contributed by atoms with Gasteiger partial charge in [0.25, 0.3) is 0 Å². The lowest BCUT2D eigenvalue weighted by Crippen LogP contribution is -2.18. The Bertz CT molecular complexity index is 132. The summed E-state index contributed by atoms with van der Waals surface area (Å²) in [6, 6.07) is 0. The first kappa shape index (κ1) is 6.00. The van der Waals surface area contributed by atoms with Crippen molar-refractivity contribution in [3.05, 3.63) is 4.91 Å². The molecule has 5 heteroatoms. The lowest BCUT2D eigenvalue weighted by atomic mass is 10.8. The molecular weight excluding hydrogens is 124 g/mol. The van der Waals surface area contributed by atoms with Gasteiger partial charge in [-0.2, -0.15) is 5.43 Å². The zero-order valence-electron chi connectivity index (χ0n) is 4.66. The van der Waals surface area contributed by atoms with E-state index in [2.05, 4.69) is 10.0 Å². The zero-order chi connectivity index (χ0) is 6.69. The number of hydrogen-bond acceptors (Lipinski definition) is 4. The molecule has 0 aromatic rings. The van der Waals surface area contributed by atoms with Crippen molar-refractivity contribution in [2.45, 2.75) is 18.9 Å². The molecule has 1 aliphatic rings. The summed E-state index contributed by atoms with van der Waals surface area (Å²) in [5, 5.41) is 2.14. The van der Waals surface area contributed by atoms with Gasteiger partial charge < -0.3 is 4.74 Å². The first-order valence-electron chi connectivity index (χ1n) is 2.62. The minimum Gasteiger partial charge on any atom is -0.445 e. The fourth-order valence-electron chi connectivity index (χ4n) is 0.401. The summed E-state index contributed by atoms with van der Waals surface area (Å²) in [4.78, 5) is 19.6. The normalized spacial score (nSPS) is 16.4. The van der Waals surface area contributed by atoms with Gasteiger partial charge in [0.2, 0.25) is 0 Å². The molecule has 0 spiro atoms. The van der Waals surface area contributed by atoms with Crippen LogP contribution in [0.3, 0.4) is 0 Å². The van der Waals surface area contributed by atoms with E-state index in [9.17, 15) is 9.70 Å². The van der Waals surface area contributed by atoms with Crippen LogP contribution < -0.4 is 5.43 Å².